The van der Waals surface area contributed by atoms with Crippen molar-refractivity contribution in [2.24, 2.45) is 0 Å². The first-order valence-electron chi connectivity index (χ1n) is 7.57. The number of para-hydroxylation sites is 1. The van der Waals surface area contributed by atoms with E-state index in [2.05, 4.69) is 15.4 Å². The van der Waals surface area contributed by atoms with Crippen molar-refractivity contribution in [2.45, 2.75) is 20.4 Å². The van der Waals surface area contributed by atoms with Gasteiger partial charge < -0.3 is 5.32 Å². The van der Waals surface area contributed by atoms with Crippen LogP contribution in [0.25, 0.3) is 5.69 Å². The lowest BCUT2D eigenvalue weighted by atomic mass is 10.2. The molecule has 24 heavy (non-hydrogen) atoms. The van der Waals surface area contributed by atoms with Crippen LogP contribution in [0.3, 0.4) is 0 Å². The van der Waals surface area contributed by atoms with Crippen molar-refractivity contribution in [3.8, 4) is 5.69 Å². The van der Waals surface area contributed by atoms with Gasteiger partial charge in [0.05, 0.1) is 5.69 Å². The quantitative estimate of drug-likeness (QED) is 0.803. The molecule has 0 spiro atoms. The maximum atomic E-state index is 12.9. The van der Waals surface area contributed by atoms with Crippen molar-refractivity contribution in [1.29, 1.82) is 0 Å². The van der Waals surface area contributed by atoms with Gasteiger partial charge in [0, 0.05) is 6.54 Å². The number of hydrogen-bond donors (Lipinski definition) is 1. The van der Waals surface area contributed by atoms with E-state index in [0.29, 0.717) is 5.82 Å². The fourth-order valence-electron chi connectivity index (χ4n) is 2.38. The summed E-state index contributed by atoms with van der Waals surface area (Å²) in [5.41, 5.74) is 2.74. The molecule has 0 radical (unpaired) electrons. The Kier molecular flexibility index (Phi) is 4.37. The summed E-state index contributed by atoms with van der Waals surface area (Å²) in [4.78, 5) is 16.5. The lowest BCUT2D eigenvalue weighted by Crippen LogP contribution is -2.24. The van der Waals surface area contributed by atoms with E-state index in [1.54, 1.807) is 23.7 Å². The lowest BCUT2D eigenvalue weighted by molar-refractivity contribution is 0.0940. The molecule has 5 nitrogen and oxygen atoms in total. The molecule has 1 aromatic heterocycles. The maximum Gasteiger partial charge on any atom is 0.291 e. The second kappa shape index (κ2) is 6.62. The molecule has 0 saturated carbocycles. The first-order chi connectivity index (χ1) is 11.5. The number of carbonyl (C=O) groups is 1. The number of amides is 1. The van der Waals surface area contributed by atoms with Gasteiger partial charge in [0.1, 0.15) is 11.6 Å². The summed E-state index contributed by atoms with van der Waals surface area (Å²) in [5, 5.41) is 7.04. The Morgan fingerprint density at radius 1 is 1.12 bits per heavy atom. The van der Waals surface area contributed by atoms with Crippen molar-refractivity contribution in [3.63, 3.8) is 0 Å². The van der Waals surface area contributed by atoms with Crippen molar-refractivity contribution in [2.75, 3.05) is 0 Å². The highest BCUT2D eigenvalue weighted by molar-refractivity contribution is 5.90. The van der Waals surface area contributed by atoms with E-state index in [-0.39, 0.29) is 24.1 Å². The van der Waals surface area contributed by atoms with Gasteiger partial charge in [-0.15, -0.1) is 5.10 Å². The van der Waals surface area contributed by atoms with Gasteiger partial charge in [-0.3, -0.25) is 4.79 Å². The van der Waals surface area contributed by atoms with E-state index in [4.69, 9.17) is 0 Å². The number of nitrogens with zero attached hydrogens (tertiary/aromatic N) is 3. The molecular weight excluding hydrogens is 307 g/mol. The van der Waals surface area contributed by atoms with Crippen LogP contribution in [0.4, 0.5) is 4.39 Å². The van der Waals surface area contributed by atoms with Gasteiger partial charge in [0.15, 0.2) is 0 Å². The molecule has 0 aliphatic rings. The predicted octanol–water partition coefficient (Wildman–Crippen LogP) is 2.95. The van der Waals surface area contributed by atoms with Gasteiger partial charge in [-0.25, -0.2) is 14.1 Å². The minimum Gasteiger partial charge on any atom is -0.345 e. The second-order valence-corrected chi connectivity index (χ2v) is 5.49. The van der Waals surface area contributed by atoms with Crippen LogP contribution in [0, 0.1) is 19.7 Å². The zero-order chi connectivity index (χ0) is 17.1. The number of rotatable bonds is 4. The summed E-state index contributed by atoms with van der Waals surface area (Å²) in [7, 11) is 0. The van der Waals surface area contributed by atoms with Gasteiger partial charge in [0.2, 0.25) is 5.82 Å². The van der Waals surface area contributed by atoms with E-state index in [1.807, 2.05) is 31.2 Å². The number of aromatic nitrogens is 3. The Morgan fingerprint density at radius 2 is 1.83 bits per heavy atom. The fourth-order valence-corrected chi connectivity index (χ4v) is 2.38. The van der Waals surface area contributed by atoms with Crippen molar-refractivity contribution < 1.29 is 9.18 Å². The first kappa shape index (κ1) is 15.9. The molecule has 6 heteroatoms. The zero-order valence-corrected chi connectivity index (χ0v) is 13.5. The summed E-state index contributed by atoms with van der Waals surface area (Å²) in [6.07, 6.45) is 0. The van der Waals surface area contributed by atoms with Gasteiger partial charge >= 0.3 is 0 Å². The number of carbonyl (C=O) groups excluding carboxylic acids is 1. The largest absolute Gasteiger partial charge is 0.345 e. The SMILES string of the molecule is Cc1ccccc1-n1nc(C(=O)NCc2ccc(F)cc2)nc1C. The van der Waals surface area contributed by atoms with Crippen LogP contribution < -0.4 is 5.32 Å². The topological polar surface area (TPSA) is 59.8 Å². The normalized spacial score (nSPS) is 10.6. The van der Waals surface area contributed by atoms with E-state index < -0.39 is 0 Å². The maximum absolute atomic E-state index is 12.9. The molecule has 1 N–H and O–H groups in total. The average Bonchev–Trinajstić information content (AvgIpc) is 2.96. The molecular formula is C18H17FN4O. The van der Waals surface area contributed by atoms with Gasteiger partial charge in [-0.1, -0.05) is 30.3 Å². The third-order valence-corrected chi connectivity index (χ3v) is 3.68. The third kappa shape index (κ3) is 3.32. The van der Waals surface area contributed by atoms with Crippen LogP contribution in [-0.2, 0) is 6.54 Å². The molecule has 0 bridgehead atoms. The Balaban J connectivity index is 1.75. The number of nitrogens with one attached hydrogen (secondary N) is 1. The van der Waals surface area contributed by atoms with Crippen LogP contribution in [0.2, 0.25) is 0 Å². The van der Waals surface area contributed by atoms with Crippen molar-refractivity contribution in [3.05, 3.63) is 77.1 Å². The molecule has 0 unspecified atom stereocenters. The highest BCUT2D eigenvalue weighted by Crippen LogP contribution is 2.14. The summed E-state index contributed by atoms with van der Waals surface area (Å²) in [6, 6.07) is 13.7. The minimum atomic E-state index is -0.366. The van der Waals surface area contributed by atoms with Crippen LogP contribution in [0.5, 0.6) is 0 Å². The molecule has 0 atom stereocenters. The van der Waals surface area contributed by atoms with Crippen LogP contribution >= 0.6 is 0 Å². The smallest absolute Gasteiger partial charge is 0.291 e. The third-order valence-electron chi connectivity index (χ3n) is 3.68. The lowest BCUT2D eigenvalue weighted by Gasteiger charge is -2.06. The molecule has 0 fully saturated rings. The number of hydrogen-bond acceptors (Lipinski definition) is 3. The summed E-state index contributed by atoms with van der Waals surface area (Å²) < 4.78 is 14.5. The molecule has 0 saturated heterocycles. The van der Waals surface area contributed by atoms with Crippen LogP contribution in [-0.4, -0.2) is 20.7 Å². The molecule has 122 valence electrons. The highest BCUT2D eigenvalue weighted by Gasteiger charge is 2.15. The molecule has 0 aliphatic heterocycles. The summed E-state index contributed by atoms with van der Waals surface area (Å²) >= 11 is 0. The van der Waals surface area contributed by atoms with E-state index in [9.17, 15) is 9.18 Å². The molecule has 0 aliphatic carbocycles. The number of halogens is 1. The van der Waals surface area contributed by atoms with Crippen molar-refractivity contribution in [1.82, 2.24) is 20.1 Å². The van der Waals surface area contributed by atoms with E-state index >= 15 is 0 Å². The molecule has 3 aromatic rings. The standard InChI is InChI=1S/C18H17FN4O/c1-12-5-3-4-6-16(12)23-13(2)21-17(22-23)18(24)20-11-14-7-9-15(19)10-8-14/h3-10H,11H2,1-2H3,(H,20,24). The van der Waals surface area contributed by atoms with Crippen LogP contribution in [0.1, 0.15) is 27.6 Å². The molecule has 3 rings (SSSR count). The number of benzene rings is 2. The second-order valence-electron chi connectivity index (χ2n) is 5.49. The Hall–Kier alpha value is -3.02. The first-order valence-corrected chi connectivity index (χ1v) is 7.57. The van der Waals surface area contributed by atoms with Gasteiger partial charge in [-0.2, -0.15) is 0 Å². The molecule has 1 heterocycles. The fraction of sp³-hybridized carbons (Fsp3) is 0.167. The molecule has 2 aromatic carbocycles. The van der Waals surface area contributed by atoms with Gasteiger partial charge in [0.25, 0.3) is 5.91 Å². The number of aryl methyl sites for hydroxylation is 2. The van der Waals surface area contributed by atoms with E-state index in [1.165, 1.54) is 12.1 Å². The summed E-state index contributed by atoms with van der Waals surface area (Å²) in [5.74, 6) is 0.0724. The minimum absolute atomic E-state index is 0.109. The van der Waals surface area contributed by atoms with Crippen molar-refractivity contribution >= 4 is 5.91 Å². The Bertz CT molecular complexity index is 871. The Labute approximate surface area is 139 Å². The Morgan fingerprint density at radius 3 is 2.54 bits per heavy atom. The zero-order valence-electron chi connectivity index (χ0n) is 13.5. The highest BCUT2D eigenvalue weighted by atomic mass is 19.1. The average molecular weight is 324 g/mol. The van der Waals surface area contributed by atoms with E-state index in [0.717, 1.165) is 16.8 Å². The monoisotopic (exact) mass is 324 g/mol. The molecule has 1 amide bonds. The summed E-state index contributed by atoms with van der Waals surface area (Å²) in [6.45, 7) is 4.07. The van der Waals surface area contributed by atoms with Gasteiger partial charge in [-0.05, 0) is 43.2 Å². The predicted molar refractivity (Wildman–Crippen MR) is 88.4 cm³/mol. The van der Waals surface area contributed by atoms with Crippen LogP contribution in [0.15, 0.2) is 48.5 Å².